The quantitative estimate of drug-likeness (QED) is 0.220. The van der Waals surface area contributed by atoms with Gasteiger partial charge in [-0.15, -0.1) is 3.89 Å². The summed E-state index contributed by atoms with van der Waals surface area (Å²) in [7, 11) is -4.98. The molecular formula is C21H20FN3O4S. The molecule has 0 bridgehead atoms. The van der Waals surface area contributed by atoms with Crippen molar-refractivity contribution in [1.82, 2.24) is 5.32 Å². The Kier molecular flexibility index (Phi) is 6.31. The maximum Gasteiger partial charge on any atom is 0.332 e. The summed E-state index contributed by atoms with van der Waals surface area (Å²) in [5.41, 5.74) is 5.91. The van der Waals surface area contributed by atoms with Gasteiger partial charge in [0.1, 0.15) is 16.5 Å². The summed E-state index contributed by atoms with van der Waals surface area (Å²) in [6.45, 7) is 0.551. The highest BCUT2D eigenvalue weighted by molar-refractivity contribution is 7.86. The van der Waals surface area contributed by atoms with Gasteiger partial charge in [-0.3, -0.25) is 10.2 Å². The predicted molar refractivity (Wildman–Crippen MR) is 112 cm³/mol. The Balaban J connectivity index is 1.53. The third-order valence-corrected chi connectivity index (χ3v) is 5.27. The molecule has 0 atom stereocenters. The molecular weight excluding hydrogens is 409 g/mol. The number of nitrogens with two attached hydrogens (primary N) is 1. The van der Waals surface area contributed by atoms with Gasteiger partial charge in [0.25, 0.3) is 5.91 Å². The smallest absolute Gasteiger partial charge is 0.332 e. The summed E-state index contributed by atoms with van der Waals surface area (Å²) in [6.07, 6.45) is 0.470. The number of hydrogen-bond acceptors (Lipinski definition) is 5. The minimum atomic E-state index is -4.98. The molecule has 0 unspecified atom stereocenters. The molecule has 0 aromatic heterocycles. The van der Waals surface area contributed by atoms with Crippen LogP contribution in [0.2, 0.25) is 0 Å². The molecule has 3 aromatic carbocycles. The number of hydrogen-bond donors (Lipinski definition) is 3. The Bertz CT molecular complexity index is 1210. The van der Waals surface area contributed by atoms with Crippen LogP contribution in [0.3, 0.4) is 0 Å². The van der Waals surface area contributed by atoms with Crippen molar-refractivity contribution in [2.45, 2.75) is 11.3 Å². The van der Waals surface area contributed by atoms with E-state index in [4.69, 9.17) is 15.9 Å². The zero-order valence-corrected chi connectivity index (χ0v) is 16.7. The van der Waals surface area contributed by atoms with Crippen molar-refractivity contribution < 1.29 is 21.8 Å². The summed E-state index contributed by atoms with van der Waals surface area (Å²) >= 11 is 0. The molecule has 0 aliphatic carbocycles. The van der Waals surface area contributed by atoms with E-state index >= 15 is 0 Å². The summed E-state index contributed by atoms with van der Waals surface area (Å²) in [5.74, 6) is -0.0110. The Hall–Kier alpha value is -3.46. The van der Waals surface area contributed by atoms with E-state index in [1.807, 2.05) is 24.3 Å². The second kappa shape index (κ2) is 8.91. The first-order valence-electron chi connectivity index (χ1n) is 9.08. The SMILES string of the molecule is N=C(N)c1ccc2cc(OCCCNC(=O)c3ccccc3S(=O)(=O)F)ccc2c1. The van der Waals surface area contributed by atoms with Crippen molar-refractivity contribution in [3.8, 4) is 5.75 Å². The zero-order chi connectivity index (χ0) is 21.7. The molecule has 0 heterocycles. The monoisotopic (exact) mass is 429 g/mol. The molecule has 0 aliphatic rings. The van der Waals surface area contributed by atoms with E-state index in [1.54, 1.807) is 12.1 Å². The number of rotatable bonds is 8. The molecule has 0 saturated carbocycles. The van der Waals surface area contributed by atoms with E-state index in [0.29, 0.717) is 24.3 Å². The van der Waals surface area contributed by atoms with Crippen LogP contribution in [0.4, 0.5) is 3.89 Å². The van der Waals surface area contributed by atoms with E-state index in [0.717, 1.165) is 16.8 Å². The average molecular weight is 429 g/mol. The molecule has 156 valence electrons. The zero-order valence-electron chi connectivity index (χ0n) is 15.9. The first-order valence-corrected chi connectivity index (χ1v) is 10.5. The summed E-state index contributed by atoms with van der Waals surface area (Å²) in [4.78, 5) is 11.5. The van der Waals surface area contributed by atoms with Gasteiger partial charge in [-0.2, -0.15) is 8.42 Å². The van der Waals surface area contributed by atoms with Crippen LogP contribution in [0.25, 0.3) is 10.8 Å². The fourth-order valence-corrected chi connectivity index (χ4v) is 3.57. The number of nitrogen functional groups attached to an aromatic ring is 1. The van der Waals surface area contributed by atoms with Crippen molar-refractivity contribution in [2.24, 2.45) is 5.73 Å². The first-order chi connectivity index (χ1) is 14.3. The first kappa shape index (κ1) is 21.3. The third kappa shape index (κ3) is 5.12. The number of nitrogens with one attached hydrogen (secondary N) is 2. The largest absolute Gasteiger partial charge is 0.494 e. The van der Waals surface area contributed by atoms with Crippen LogP contribution in [0.1, 0.15) is 22.3 Å². The number of amides is 1. The minimum absolute atomic E-state index is 0.00557. The number of carbonyl (C=O) groups is 1. The number of ether oxygens (including phenoxy) is 1. The molecule has 7 nitrogen and oxygen atoms in total. The maximum absolute atomic E-state index is 13.3. The Morgan fingerprint density at radius 3 is 2.50 bits per heavy atom. The Morgan fingerprint density at radius 1 is 1.07 bits per heavy atom. The average Bonchev–Trinajstić information content (AvgIpc) is 2.72. The van der Waals surface area contributed by atoms with Crippen LogP contribution >= 0.6 is 0 Å². The molecule has 30 heavy (non-hydrogen) atoms. The summed E-state index contributed by atoms with van der Waals surface area (Å²) in [5, 5.41) is 11.9. The fraction of sp³-hybridized carbons (Fsp3) is 0.143. The highest BCUT2D eigenvalue weighted by Gasteiger charge is 2.20. The molecule has 4 N–H and O–H groups in total. The van der Waals surface area contributed by atoms with E-state index in [2.05, 4.69) is 5.32 Å². The van der Waals surface area contributed by atoms with Crippen molar-refractivity contribution in [1.29, 1.82) is 5.41 Å². The van der Waals surface area contributed by atoms with Gasteiger partial charge in [-0.1, -0.05) is 30.3 Å². The van der Waals surface area contributed by atoms with Gasteiger partial charge in [0.05, 0.1) is 12.2 Å². The number of benzene rings is 3. The molecule has 0 fully saturated rings. The molecule has 0 saturated heterocycles. The molecule has 3 aromatic rings. The second-order valence-electron chi connectivity index (χ2n) is 6.53. The molecule has 0 aliphatic heterocycles. The van der Waals surface area contributed by atoms with Gasteiger partial charge in [0.15, 0.2) is 0 Å². The van der Waals surface area contributed by atoms with Crippen LogP contribution in [0.5, 0.6) is 5.75 Å². The van der Waals surface area contributed by atoms with Crippen LogP contribution in [0.15, 0.2) is 65.6 Å². The predicted octanol–water partition coefficient (Wildman–Crippen LogP) is 2.98. The van der Waals surface area contributed by atoms with Gasteiger partial charge in [-0.05, 0) is 47.5 Å². The lowest BCUT2D eigenvalue weighted by atomic mass is 10.1. The van der Waals surface area contributed by atoms with Crippen LogP contribution in [-0.2, 0) is 10.2 Å². The molecule has 9 heteroatoms. The normalized spacial score (nSPS) is 11.2. The van der Waals surface area contributed by atoms with Crippen molar-refractivity contribution in [3.63, 3.8) is 0 Å². The van der Waals surface area contributed by atoms with E-state index < -0.39 is 21.0 Å². The number of fused-ring (bicyclic) bond motifs is 1. The summed E-state index contributed by atoms with van der Waals surface area (Å²) in [6, 6.07) is 16.1. The Morgan fingerprint density at radius 2 is 1.77 bits per heavy atom. The standard InChI is InChI=1S/C21H20FN3O4S/c22-30(27,28)19-5-2-1-4-18(19)21(26)25-10-3-11-29-17-9-8-14-12-16(20(23)24)7-6-15(14)13-17/h1-2,4-9,12-13H,3,10-11H2,(H3,23,24)(H,25,26). The van der Waals surface area contributed by atoms with Crippen molar-refractivity contribution >= 4 is 32.7 Å². The van der Waals surface area contributed by atoms with Crippen molar-refractivity contribution in [3.05, 3.63) is 71.8 Å². The van der Waals surface area contributed by atoms with Gasteiger partial charge >= 0.3 is 10.2 Å². The molecule has 1 amide bonds. The van der Waals surface area contributed by atoms with Gasteiger partial charge in [0, 0.05) is 12.1 Å². The lowest BCUT2D eigenvalue weighted by Crippen LogP contribution is -2.26. The lowest BCUT2D eigenvalue weighted by Gasteiger charge is -2.10. The Labute approximate surface area is 173 Å². The van der Waals surface area contributed by atoms with Gasteiger partial charge in [0.2, 0.25) is 0 Å². The van der Waals surface area contributed by atoms with Crippen LogP contribution in [-0.4, -0.2) is 33.3 Å². The van der Waals surface area contributed by atoms with Crippen molar-refractivity contribution in [2.75, 3.05) is 13.2 Å². The fourth-order valence-electron chi connectivity index (χ4n) is 2.91. The third-order valence-electron chi connectivity index (χ3n) is 4.39. The van der Waals surface area contributed by atoms with E-state index in [-0.39, 0.29) is 17.9 Å². The molecule has 3 rings (SSSR count). The summed E-state index contributed by atoms with van der Waals surface area (Å²) < 4.78 is 41.3. The van der Waals surface area contributed by atoms with E-state index in [9.17, 15) is 17.1 Å². The van der Waals surface area contributed by atoms with Crippen LogP contribution < -0.4 is 15.8 Å². The minimum Gasteiger partial charge on any atom is -0.494 e. The second-order valence-corrected chi connectivity index (χ2v) is 7.84. The lowest BCUT2D eigenvalue weighted by molar-refractivity contribution is 0.0948. The van der Waals surface area contributed by atoms with E-state index in [1.165, 1.54) is 18.2 Å². The van der Waals surface area contributed by atoms with Crippen LogP contribution in [0, 0.1) is 5.41 Å². The number of amidine groups is 1. The molecule has 0 spiro atoms. The maximum atomic E-state index is 13.3. The number of halogens is 1. The number of carbonyl (C=O) groups excluding carboxylic acids is 1. The molecule has 0 radical (unpaired) electrons. The van der Waals surface area contributed by atoms with Gasteiger partial charge < -0.3 is 15.8 Å². The topological polar surface area (TPSA) is 122 Å². The van der Waals surface area contributed by atoms with Gasteiger partial charge in [-0.25, -0.2) is 0 Å². The highest BCUT2D eigenvalue weighted by Crippen LogP contribution is 2.22. The highest BCUT2D eigenvalue weighted by atomic mass is 32.3.